The number of hydrogen-bond donors (Lipinski definition) is 1. The maximum absolute atomic E-state index is 12.6. The Morgan fingerprint density at radius 2 is 1.86 bits per heavy atom. The standard InChI is InChI=1S/C20H25N3O5S/c1-15-7-3-4-8-16(15)12-21-19(24)14-28-20(25)18-11-17(13-22(18)2)29(26,27)23-9-5-6-10-23/h3-4,7-8,11,13H,5-6,9-10,12,14H2,1-2H3,(H,21,24). The molecule has 0 bridgehead atoms. The van der Waals surface area contributed by atoms with Gasteiger partial charge in [-0.3, -0.25) is 4.79 Å². The number of aryl methyl sites for hydroxylation is 2. The van der Waals surface area contributed by atoms with E-state index in [2.05, 4.69) is 5.32 Å². The van der Waals surface area contributed by atoms with Crippen molar-refractivity contribution in [1.29, 1.82) is 0 Å². The molecule has 1 aromatic carbocycles. The highest BCUT2D eigenvalue weighted by Gasteiger charge is 2.29. The zero-order valence-electron chi connectivity index (χ0n) is 16.6. The van der Waals surface area contributed by atoms with Crippen LogP contribution in [0.15, 0.2) is 41.4 Å². The fourth-order valence-corrected chi connectivity index (χ4v) is 4.80. The number of hydrogen-bond acceptors (Lipinski definition) is 5. The number of esters is 1. The van der Waals surface area contributed by atoms with Gasteiger partial charge in [0.1, 0.15) is 10.6 Å². The van der Waals surface area contributed by atoms with Gasteiger partial charge < -0.3 is 14.6 Å². The van der Waals surface area contributed by atoms with Gasteiger partial charge in [-0.2, -0.15) is 4.31 Å². The molecule has 29 heavy (non-hydrogen) atoms. The number of benzene rings is 1. The molecular weight excluding hydrogens is 394 g/mol. The van der Waals surface area contributed by atoms with Gasteiger partial charge in [-0.05, 0) is 37.0 Å². The summed E-state index contributed by atoms with van der Waals surface area (Å²) in [5, 5.41) is 2.70. The van der Waals surface area contributed by atoms with E-state index in [1.165, 1.54) is 21.1 Å². The fraction of sp³-hybridized carbons (Fsp3) is 0.400. The van der Waals surface area contributed by atoms with E-state index in [1.807, 2.05) is 31.2 Å². The average molecular weight is 420 g/mol. The summed E-state index contributed by atoms with van der Waals surface area (Å²) in [6.45, 7) is 2.82. The van der Waals surface area contributed by atoms with Crippen molar-refractivity contribution in [2.45, 2.75) is 31.2 Å². The summed E-state index contributed by atoms with van der Waals surface area (Å²) in [5.41, 5.74) is 2.11. The second-order valence-corrected chi connectivity index (χ2v) is 9.00. The van der Waals surface area contributed by atoms with E-state index in [9.17, 15) is 18.0 Å². The zero-order valence-corrected chi connectivity index (χ0v) is 17.4. The van der Waals surface area contributed by atoms with Crippen molar-refractivity contribution in [3.63, 3.8) is 0 Å². The minimum Gasteiger partial charge on any atom is -0.451 e. The number of ether oxygens (including phenoxy) is 1. The first-order chi connectivity index (χ1) is 13.8. The Morgan fingerprint density at radius 1 is 1.17 bits per heavy atom. The number of nitrogens with one attached hydrogen (secondary N) is 1. The van der Waals surface area contributed by atoms with E-state index in [0.717, 1.165) is 24.0 Å². The summed E-state index contributed by atoms with van der Waals surface area (Å²) in [6.07, 6.45) is 3.06. The van der Waals surface area contributed by atoms with E-state index >= 15 is 0 Å². The Bertz CT molecular complexity index is 1010. The molecule has 1 saturated heterocycles. The Hall–Kier alpha value is -2.65. The van der Waals surface area contributed by atoms with Gasteiger partial charge in [0.15, 0.2) is 6.61 Å². The number of carbonyl (C=O) groups excluding carboxylic acids is 2. The highest BCUT2D eigenvalue weighted by molar-refractivity contribution is 7.89. The normalized spacial score (nSPS) is 14.7. The molecule has 0 saturated carbocycles. The molecule has 2 heterocycles. The lowest BCUT2D eigenvalue weighted by Crippen LogP contribution is -2.29. The van der Waals surface area contributed by atoms with Crippen LogP contribution in [0.2, 0.25) is 0 Å². The number of rotatable bonds is 7. The van der Waals surface area contributed by atoms with Gasteiger partial charge in [-0.25, -0.2) is 13.2 Å². The lowest BCUT2D eigenvalue weighted by Gasteiger charge is -2.13. The predicted octanol–water partition coefficient (Wildman–Crippen LogP) is 1.59. The molecule has 1 N–H and O–H groups in total. The van der Waals surface area contributed by atoms with Crippen molar-refractivity contribution in [2.75, 3.05) is 19.7 Å². The topological polar surface area (TPSA) is 97.7 Å². The van der Waals surface area contributed by atoms with Crippen LogP contribution in [0.5, 0.6) is 0 Å². The van der Waals surface area contributed by atoms with Crippen LogP contribution in [0.4, 0.5) is 0 Å². The highest BCUT2D eigenvalue weighted by atomic mass is 32.2. The van der Waals surface area contributed by atoms with Gasteiger partial charge in [-0.1, -0.05) is 24.3 Å². The van der Waals surface area contributed by atoms with Crippen LogP contribution in [-0.2, 0) is 33.1 Å². The molecule has 1 amide bonds. The first-order valence-electron chi connectivity index (χ1n) is 9.44. The zero-order chi connectivity index (χ0) is 21.0. The smallest absolute Gasteiger partial charge is 0.355 e. The fourth-order valence-electron chi connectivity index (χ4n) is 3.21. The summed E-state index contributed by atoms with van der Waals surface area (Å²) in [5.74, 6) is -1.18. The van der Waals surface area contributed by atoms with Gasteiger partial charge in [0.2, 0.25) is 10.0 Å². The number of carbonyl (C=O) groups is 2. The predicted molar refractivity (Wildman–Crippen MR) is 107 cm³/mol. The summed E-state index contributed by atoms with van der Waals surface area (Å²) < 4.78 is 33.1. The van der Waals surface area contributed by atoms with Crippen LogP contribution < -0.4 is 5.32 Å². The molecule has 1 aromatic heterocycles. The Kier molecular flexibility index (Phi) is 6.39. The van der Waals surface area contributed by atoms with Crippen molar-refractivity contribution in [2.24, 2.45) is 7.05 Å². The van der Waals surface area contributed by atoms with Crippen LogP contribution in [-0.4, -0.2) is 48.9 Å². The minimum atomic E-state index is -3.62. The lowest BCUT2D eigenvalue weighted by molar-refractivity contribution is -0.124. The molecular formula is C20H25N3O5S. The molecule has 0 radical (unpaired) electrons. The van der Waals surface area contributed by atoms with E-state index in [4.69, 9.17) is 4.74 Å². The quantitative estimate of drug-likeness (QED) is 0.688. The van der Waals surface area contributed by atoms with Crippen LogP contribution >= 0.6 is 0 Å². The van der Waals surface area contributed by atoms with Crippen molar-refractivity contribution < 1.29 is 22.7 Å². The maximum Gasteiger partial charge on any atom is 0.355 e. The maximum atomic E-state index is 12.6. The molecule has 0 spiro atoms. The summed E-state index contributed by atoms with van der Waals surface area (Å²) in [6, 6.07) is 8.96. The molecule has 0 atom stereocenters. The van der Waals surface area contributed by atoms with Crippen LogP contribution in [0.25, 0.3) is 0 Å². The Balaban J connectivity index is 1.57. The summed E-state index contributed by atoms with van der Waals surface area (Å²) in [7, 11) is -2.06. The third-order valence-corrected chi connectivity index (χ3v) is 6.83. The van der Waals surface area contributed by atoms with Crippen molar-refractivity contribution in [1.82, 2.24) is 14.2 Å². The van der Waals surface area contributed by atoms with E-state index < -0.39 is 28.5 Å². The average Bonchev–Trinajstić information content (AvgIpc) is 3.36. The minimum absolute atomic E-state index is 0.0536. The van der Waals surface area contributed by atoms with E-state index in [-0.39, 0.29) is 10.6 Å². The second kappa shape index (κ2) is 8.79. The molecule has 156 valence electrons. The van der Waals surface area contributed by atoms with Gasteiger partial charge in [-0.15, -0.1) is 0 Å². The SMILES string of the molecule is Cc1ccccc1CNC(=O)COC(=O)c1cc(S(=O)(=O)N2CCCC2)cn1C. The van der Waals surface area contributed by atoms with Crippen molar-refractivity contribution in [3.05, 3.63) is 53.3 Å². The van der Waals surface area contributed by atoms with Gasteiger partial charge in [0.05, 0.1) is 0 Å². The molecule has 0 aliphatic carbocycles. The monoisotopic (exact) mass is 419 g/mol. The lowest BCUT2D eigenvalue weighted by atomic mass is 10.1. The molecule has 8 nitrogen and oxygen atoms in total. The van der Waals surface area contributed by atoms with Crippen molar-refractivity contribution in [3.8, 4) is 0 Å². The third-order valence-electron chi connectivity index (χ3n) is 4.96. The van der Waals surface area contributed by atoms with E-state index in [1.54, 1.807) is 7.05 Å². The second-order valence-electron chi connectivity index (χ2n) is 7.06. The van der Waals surface area contributed by atoms with Gasteiger partial charge in [0.25, 0.3) is 5.91 Å². The number of aromatic nitrogens is 1. The van der Waals surface area contributed by atoms with E-state index in [0.29, 0.717) is 19.6 Å². The third kappa shape index (κ3) is 4.86. The number of nitrogens with zero attached hydrogens (tertiary/aromatic N) is 2. The van der Waals surface area contributed by atoms with Crippen LogP contribution in [0.3, 0.4) is 0 Å². The van der Waals surface area contributed by atoms with Gasteiger partial charge in [0, 0.05) is 32.9 Å². The molecule has 1 aliphatic heterocycles. The molecule has 0 unspecified atom stereocenters. The summed E-state index contributed by atoms with van der Waals surface area (Å²) in [4.78, 5) is 24.4. The summed E-state index contributed by atoms with van der Waals surface area (Å²) >= 11 is 0. The molecule has 1 aliphatic rings. The first kappa shape index (κ1) is 21.1. The molecule has 2 aromatic rings. The highest BCUT2D eigenvalue weighted by Crippen LogP contribution is 2.22. The molecule has 1 fully saturated rings. The van der Waals surface area contributed by atoms with Gasteiger partial charge >= 0.3 is 5.97 Å². The number of amides is 1. The Labute approximate surface area is 170 Å². The van der Waals surface area contributed by atoms with Crippen molar-refractivity contribution >= 4 is 21.9 Å². The largest absolute Gasteiger partial charge is 0.451 e. The van der Waals surface area contributed by atoms with Crippen LogP contribution in [0, 0.1) is 6.92 Å². The molecule has 3 rings (SSSR count). The number of sulfonamides is 1. The van der Waals surface area contributed by atoms with Crippen LogP contribution in [0.1, 0.15) is 34.5 Å². The first-order valence-corrected chi connectivity index (χ1v) is 10.9. The molecule has 9 heteroatoms. The Morgan fingerprint density at radius 3 is 2.55 bits per heavy atom.